The number of rotatable bonds is 3. The number of hydrogen-bond acceptors (Lipinski definition) is 2. The summed E-state index contributed by atoms with van der Waals surface area (Å²) in [5.41, 5.74) is 5.43. The molecule has 0 fully saturated rings. The van der Waals surface area contributed by atoms with Crippen molar-refractivity contribution in [2.75, 3.05) is 12.4 Å². The fraction of sp³-hybridized carbons (Fsp3) is 0.316. The molecular formula is C19H22N2O2. The molecule has 0 radical (unpaired) electrons. The van der Waals surface area contributed by atoms with Crippen molar-refractivity contribution >= 4 is 11.7 Å². The summed E-state index contributed by atoms with van der Waals surface area (Å²) in [6.07, 6.45) is 1.78. The number of carbonyl (C=O) groups is 1. The van der Waals surface area contributed by atoms with Crippen LogP contribution in [0, 0.1) is 13.8 Å². The van der Waals surface area contributed by atoms with Crippen molar-refractivity contribution in [3.8, 4) is 5.75 Å². The summed E-state index contributed by atoms with van der Waals surface area (Å²) in [4.78, 5) is 12.3. The van der Waals surface area contributed by atoms with E-state index in [4.69, 9.17) is 4.74 Å². The Morgan fingerprint density at radius 1 is 1.09 bits per heavy atom. The zero-order valence-electron chi connectivity index (χ0n) is 13.8. The second-order valence-electron chi connectivity index (χ2n) is 6.06. The summed E-state index contributed by atoms with van der Waals surface area (Å²) < 4.78 is 5.40. The fourth-order valence-electron chi connectivity index (χ4n) is 3.28. The van der Waals surface area contributed by atoms with Gasteiger partial charge >= 0.3 is 6.03 Å². The molecule has 0 heterocycles. The molecule has 23 heavy (non-hydrogen) atoms. The van der Waals surface area contributed by atoms with Crippen LogP contribution in [0.3, 0.4) is 0 Å². The van der Waals surface area contributed by atoms with E-state index in [1.807, 2.05) is 38.1 Å². The van der Waals surface area contributed by atoms with Gasteiger partial charge < -0.3 is 15.4 Å². The van der Waals surface area contributed by atoms with E-state index in [0.29, 0.717) is 0 Å². The predicted octanol–water partition coefficient (Wildman–Crippen LogP) is 3.60. The zero-order valence-corrected chi connectivity index (χ0v) is 13.8. The summed E-state index contributed by atoms with van der Waals surface area (Å²) in [6.45, 7) is 3.94. The Labute approximate surface area is 136 Å². The quantitative estimate of drug-likeness (QED) is 0.910. The normalized spacial score (nSPS) is 13.5. The van der Waals surface area contributed by atoms with Gasteiger partial charge in [-0.3, -0.25) is 0 Å². The fourth-order valence-corrected chi connectivity index (χ4v) is 3.28. The summed E-state index contributed by atoms with van der Waals surface area (Å²) >= 11 is 0. The highest BCUT2D eigenvalue weighted by atomic mass is 16.5. The maximum atomic E-state index is 12.3. The number of carbonyl (C=O) groups excluding carboxylic acids is 1. The maximum Gasteiger partial charge on any atom is 0.319 e. The zero-order chi connectivity index (χ0) is 16.4. The number of nitrogens with one attached hydrogen (secondary N) is 2. The number of aryl methyl sites for hydroxylation is 1. The average molecular weight is 310 g/mol. The Bertz CT molecular complexity index is 715. The Morgan fingerprint density at radius 3 is 2.35 bits per heavy atom. The summed E-state index contributed by atoms with van der Waals surface area (Å²) in [5.74, 6) is 0.816. The van der Waals surface area contributed by atoms with Gasteiger partial charge in [-0.2, -0.15) is 0 Å². The van der Waals surface area contributed by atoms with Gasteiger partial charge in [-0.15, -0.1) is 0 Å². The van der Waals surface area contributed by atoms with E-state index in [0.717, 1.165) is 35.4 Å². The van der Waals surface area contributed by atoms with Crippen LogP contribution in [-0.4, -0.2) is 19.2 Å². The molecule has 0 aromatic heterocycles. The molecule has 2 N–H and O–H groups in total. The lowest BCUT2D eigenvalue weighted by molar-refractivity contribution is 0.249. The number of fused-ring (bicyclic) bond motifs is 1. The van der Waals surface area contributed by atoms with Crippen LogP contribution in [0.5, 0.6) is 5.75 Å². The van der Waals surface area contributed by atoms with E-state index < -0.39 is 0 Å². The lowest BCUT2D eigenvalue weighted by Gasteiger charge is -2.16. The number of amides is 2. The first-order chi connectivity index (χ1) is 11.1. The van der Waals surface area contributed by atoms with E-state index in [9.17, 15) is 4.79 Å². The highest BCUT2D eigenvalue weighted by Gasteiger charge is 2.22. The van der Waals surface area contributed by atoms with Crippen molar-refractivity contribution in [3.05, 3.63) is 58.7 Å². The molecule has 2 aromatic carbocycles. The van der Waals surface area contributed by atoms with Crippen LogP contribution in [0.25, 0.3) is 0 Å². The second-order valence-corrected chi connectivity index (χ2v) is 6.06. The van der Waals surface area contributed by atoms with Crippen LogP contribution in [0.4, 0.5) is 10.5 Å². The molecule has 2 amide bonds. The monoisotopic (exact) mass is 310 g/mol. The molecule has 0 atom stereocenters. The molecule has 0 aliphatic heterocycles. The van der Waals surface area contributed by atoms with Crippen molar-refractivity contribution in [2.24, 2.45) is 0 Å². The van der Waals surface area contributed by atoms with E-state index in [1.54, 1.807) is 7.11 Å². The predicted molar refractivity (Wildman–Crippen MR) is 92.3 cm³/mol. The lowest BCUT2D eigenvalue weighted by Crippen LogP contribution is -2.38. The van der Waals surface area contributed by atoms with E-state index in [1.165, 1.54) is 11.1 Å². The third-order valence-corrected chi connectivity index (χ3v) is 4.44. The largest absolute Gasteiger partial charge is 0.496 e. The molecular weight excluding hydrogens is 288 g/mol. The smallest absolute Gasteiger partial charge is 0.319 e. The minimum atomic E-state index is -0.170. The minimum absolute atomic E-state index is 0.153. The van der Waals surface area contributed by atoms with Gasteiger partial charge in [0.1, 0.15) is 5.75 Å². The Balaban J connectivity index is 1.65. The number of ether oxygens (including phenoxy) is 1. The van der Waals surface area contributed by atoms with Gasteiger partial charge in [-0.05, 0) is 49.4 Å². The summed E-state index contributed by atoms with van der Waals surface area (Å²) in [6, 6.07) is 12.2. The highest BCUT2D eigenvalue weighted by Crippen LogP contribution is 2.29. The SMILES string of the molecule is COc1c(C)ccc(NC(=O)NC2Cc3ccccc3C2)c1C. The van der Waals surface area contributed by atoms with E-state index >= 15 is 0 Å². The van der Waals surface area contributed by atoms with Crippen molar-refractivity contribution in [2.45, 2.75) is 32.7 Å². The number of methoxy groups -OCH3 is 1. The third-order valence-electron chi connectivity index (χ3n) is 4.44. The summed E-state index contributed by atoms with van der Waals surface area (Å²) in [5, 5.41) is 6.00. The Kier molecular flexibility index (Phi) is 4.24. The molecule has 0 bridgehead atoms. The van der Waals surface area contributed by atoms with Crippen LogP contribution in [0.2, 0.25) is 0 Å². The van der Waals surface area contributed by atoms with Crippen molar-refractivity contribution < 1.29 is 9.53 Å². The van der Waals surface area contributed by atoms with Gasteiger partial charge in [-0.1, -0.05) is 30.3 Å². The van der Waals surface area contributed by atoms with Crippen LogP contribution in [-0.2, 0) is 12.8 Å². The van der Waals surface area contributed by atoms with Crippen molar-refractivity contribution in [3.63, 3.8) is 0 Å². The standard InChI is InChI=1S/C19H22N2O2/c1-12-8-9-17(13(2)18(12)23-3)21-19(22)20-16-10-14-6-4-5-7-15(14)11-16/h4-9,16H,10-11H2,1-3H3,(H2,20,21,22). The van der Waals surface area contributed by atoms with Gasteiger partial charge in [0.2, 0.25) is 0 Å². The first-order valence-electron chi connectivity index (χ1n) is 7.87. The molecule has 3 rings (SSSR count). The molecule has 0 unspecified atom stereocenters. The maximum absolute atomic E-state index is 12.3. The molecule has 1 aliphatic rings. The first kappa shape index (κ1) is 15.4. The van der Waals surface area contributed by atoms with Gasteiger partial charge in [0.15, 0.2) is 0 Å². The molecule has 1 aliphatic carbocycles. The van der Waals surface area contributed by atoms with E-state index in [2.05, 4.69) is 22.8 Å². The average Bonchev–Trinajstić information content (AvgIpc) is 2.92. The molecule has 4 heteroatoms. The first-order valence-corrected chi connectivity index (χ1v) is 7.87. The van der Waals surface area contributed by atoms with Gasteiger partial charge in [0, 0.05) is 17.3 Å². The Hall–Kier alpha value is -2.49. The lowest BCUT2D eigenvalue weighted by atomic mass is 10.1. The number of benzene rings is 2. The van der Waals surface area contributed by atoms with Gasteiger partial charge in [-0.25, -0.2) is 4.79 Å². The number of hydrogen-bond donors (Lipinski definition) is 2. The molecule has 4 nitrogen and oxygen atoms in total. The molecule has 120 valence electrons. The van der Waals surface area contributed by atoms with Gasteiger partial charge in [0.25, 0.3) is 0 Å². The Morgan fingerprint density at radius 2 is 1.74 bits per heavy atom. The van der Waals surface area contributed by atoms with Crippen molar-refractivity contribution in [1.29, 1.82) is 0 Å². The summed E-state index contributed by atoms with van der Waals surface area (Å²) in [7, 11) is 1.65. The van der Waals surface area contributed by atoms with Crippen LogP contribution in [0.15, 0.2) is 36.4 Å². The molecule has 0 spiro atoms. The number of urea groups is 1. The third kappa shape index (κ3) is 3.16. The van der Waals surface area contributed by atoms with Crippen molar-refractivity contribution in [1.82, 2.24) is 5.32 Å². The van der Waals surface area contributed by atoms with Crippen LogP contribution in [0.1, 0.15) is 22.3 Å². The highest BCUT2D eigenvalue weighted by molar-refractivity contribution is 5.91. The molecule has 0 saturated carbocycles. The second kappa shape index (κ2) is 6.32. The molecule has 2 aromatic rings. The van der Waals surface area contributed by atoms with Crippen LogP contribution < -0.4 is 15.4 Å². The molecule has 0 saturated heterocycles. The topological polar surface area (TPSA) is 50.4 Å². The van der Waals surface area contributed by atoms with Crippen LogP contribution >= 0.6 is 0 Å². The van der Waals surface area contributed by atoms with Gasteiger partial charge in [0.05, 0.1) is 7.11 Å². The minimum Gasteiger partial charge on any atom is -0.496 e. The number of anilines is 1. The van der Waals surface area contributed by atoms with E-state index in [-0.39, 0.29) is 12.1 Å².